The van der Waals surface area contributed by atoms with E-state index < -0.39 is 4.92 Å². The number of hydrogen-bond acceptors (Lipinski definition) is 5. The first-order chi connectivity index (χ1) is 8.39. The fourth-order valence-corrected chi connectivity index (χ4v) is 2.32. The van der Waals surface area contributed by atoms with Crippen LogP contribution in [0.4, 0.5) is 11.5 Å². The Bertz CT molecular complexity index is 480. The van der Waals surface area contributed by atoms with E-state index in [1.807, 2.05) is 6.92 Å². The van der Waals surface area contributed by atoms with Gasteiger partial charge in [-0.1, -0.05) is 0 Å². The lowest BCUT2D eigenvalue weighted by Crippen LogP contribution is -2.45. The predicted octanol–water partition coefficient (Wildman–Crippen LogP) is 1.18. The molecule has 1 aliphatic carbocycles. The van der Waals surface area contributed by atoms with Gasteiger partial charge in [-0.3, -0.25) is 10.1 Å². The first-order valence-electron chi connectivity index (χ1n) is 6.05. The van der Waals surface area contributed by atoms with E-state index in [2.05, 4.69) is 10.4 Å². The molecule has 0 spiro atoms. The molecule has 0 radical (unpaired) electrons. The van der Waals surface area contributed by atoms with E-state index in [1.54, 1.807) is 14.0 Å². The number of nitrogens with zero attached hydrogens (tertiary/aromatic N) is 3. The van der Waals surface area contributed by atoms with Crippen LogP contribution in [0, 0.1) is 23.0 Å². The standard InChI is InChI=1S/C11H19N5O2/c1-7-9(16(17)18)10(15(3)14-7)13-11(2,6-12)8-4-5-8/h8,13H,4-6,12H2,1-3H3. The van der Waals surface area contributed by atoms with Gasteiger partial charge >= 0.3 is 5.69 Å². The summed E-state index contributed by atoms with van der Waals surface area (Å²) in [7, 11) is 1.70. The normalized spacial score (nSPS) is 18.4. The molecule has 1 fully saturated rings. The zero-order valence-corrected chi connectivity index (χ0v) is 10.9. The highest BCUT2D eigenvalue weighted by Crippen LogP contribution is 2.42. The van der Waals surface area contributed by atoms with Gasteiger partial charge in [-0.25, -0.2) is 4.68 Å². The molecule has 0 amide bonds. The molecule has 18 heavy (non-hydrogen) atoms. The highest BCUT2D eigenvalue weighted by Gasteiger charge is 2.42. The topological polar surface area (TPSA) is 99.0 Å². The first-order valence-corrected chi connectivity index (χ1v) is 6.05. The summed E-state index contributed by atoms with van der Waals surface area (Å²) in [5.74, 6) is 0.926. The molecule has 0 aromatic carbocycles. The van der Waals surface area contributed by atoms with Crippen LogP contribution in [0.25, 0.3) is 0 Å². The van der Waals surface area contributed by atoms with Crippen molar-refractivity contribution in [1.82, 2.24) is 9.78 Å². The summed E-state index contributed by atoms with van der Waals surface area (Å²) in [6.07, 6.45) is 2.23. The average molecular weight is 253 g/mol. The molecule has 2 rings (SSSR count). The lowest BCUT2D eigenvalue weighted by molar-refractivity contribution is -0.384. The Morgan fingerprint density at radius 2 is 2.28 bits per heavy atom. The second-order valence-electron chi connectivity index (χ2n) is 5.18. The number of anilines is 1. The minimum absolute atomic E-state index is 0.0397. The highest BCUT2D eigenvalue weighted by molar-refractivity contribution is 5.60. The molecule has 0 saturated heterocycles. The first kappa shape index (κ1) is 12.8. The van der Waals surface area contributed by atoms with Crippen LogP contribution in [-0.4, -0.2) is 26.8 Å². The van der Waals surface area contributed by atoms with Crippen molar-refractivity contribution in [3.63, 3.8) is 0 Å². The van der Waals surface area contributed by atoms with Crippen molar-refractivity contribution < 1.29 is 4.92 Å². The second-order valence-corrected chi connectivity index (χ2v) is 5.18. The highest BCUT2D eigenvalue weighted by atomic mass is 16.6. The summed E-state index contributed by atoms with van der Waals surface area (Å²) in [5.41, 5.74) is 5.97. The number of nitrogens with two attached hydrogens (primary N) is 1. The number of nitrogens with one attached hydrogen (secondary N) is 1. The Balaban J connectivity index is 2.36. The van der Waals surface area contributed by atoms with Gasteiger partial charge in [0.15, 0.2) is 0 Å². The van der Waals surface area contributed by atoms with Gasteiger partial charge in [0.25, 0.3) is 0 Å². The summed E-state index contributed by atoms with van der Waals surface area (Å²) < 4.78 is 1.52. The van der Waals surface area contributed by atoms with E-state index in [9.17, 15) is 10.1 Å². The maximum atomic E-state index is 11.1. The van der Waals surface area contributed by atoms with Crippen molar-refractivity contribution in [2.45, 2.75) is 32.2 Å². The van der Waals surface area contributed by atoms with Crippen LogP contribution in [0.3, 0.4) is 0 Å². The SMILES string of the molecule is Cc1nn(C)c(NC(C)(CN)C2CC2)c1[N+](=O)[O-]. The van der Waals surface area contributed by atoms with Crippen LogP contribution in [0.1, 0.15) is 25.5 Å². The number of aryl methyl sites for hydroxylation is 2. The lowest BCUT2D eigenvalue weighted by atomic mass is 9.96. The Kier molecular flexibility index (Phi) is 3.02. The van der Waals surface area contributed by atoms with Gasteiger partial charge in [-0.2, -0.15) is 5.10 Å². The molecule has 1 unspecified atom stereocenters. The molecular formula is C11H19N5O2. The molecule has 1 aromatic rings. The van der Waals surface area contributed by atoms with Crippen LogP contribution in [0.2, 0.25) is 0 Å². The molecule has 1 atom stereocenters. The molecule has 0 bridgehead atoms. The van der Waals surface area contributed by atoms with E-state index in [1.165, 1.54) is 4.68 Å². The minimum atomic E-state index is -0.394. The third-order valence-electron chi connectivity index (χ3n) is 3.68. The van der Waals surface area contributed by atoms with Gasteiger partial charge in [-0.05, 0) is 32.6 Å². The molecule has 7 nitrogen and oxygen atoms in total. The third kappa shape index (κ3) is 2.05. The number of nitro groups is 1. The molecule has 1 aromatic heterocycles. The van der Waals surface area contributed by atoms with Gasteiger partial charge in [-0.15, -0.1) is 0 Å². The third-order valence-corrected chi connectivity index (χ3v) is 3.68. The Morgan fingerprint density at radius 1 is 1.67 bits per heavy atom. The summed E-state index contributed by atoms with van der Waals surface area (Å²) in [6.45, 7) is 4.09. The number of aromatic nitrogens is 2. The van der Waals surface area contributed by atoms with Crippen LogP contribution >= 0.6 is 0 Å². The maximum Gasteiger partial charge on any atom is 0.333 e. The minimum Gasteiger partial charge on any atom is -0.358 e. The zero-order valence-electron chi connectivity index (χ0n) is 10.9. The smallest absolute Gasteiger partial charge is 0.333 e. The van der Waals surface area contributed by atoms with Crippen LogP contribution in [0.15, 0.2) is 0 Å². The predicted molar refractivity (Wildman–Crippen MR) is 68.4 cm³/mol. The number of hydrogen-bond donors (Lipinski definition) is 2. The van der Waals surface area contributed by atoms with E-state index in [0.717, 1.165) is 12.8 Å². The summed E-state index contributed by atoms with van der Waals surface area (Å²) in [4.78, 5) is 10.7. The quantitative estimate of drug-likeness (QED) is 0.606. The molecule has 3 N–H and O–H groups in total. The summed E-state index contributed by atoms with van der Waals surface area (Å²) in [6, 6.07) is 0. The van der Waals surface area contributed by atoms with Gasteiger partial charge in [0, 0.05) is 13.6 Å². The maximum absolute atomic E-state index is 11.1. The van der Waals surface area contributed by atoms with E-state index in [4.69, 9.17) is 5.73 Å². The number of rotatable bonds is 5. The second kappa shape index (κ2) is 4.24. The van der Waals surface area contributed by atoms with Gasteiger partial charge in [0.05, 0.1) is 10.5 Å². The van der Waals surface area contributed by atoms with Gasteiger partial charge in [0.1, 0.15) is 5.69 Å². The molecule has 100 valence electrons. The summed E-state index contributed by atoms with van der Waals surface area (Å²) >= 11 is 0. The van der Waals surface area contributed by atoms with Crippen molar-refractivity contribution in [2.75, 3.05) is 11.9 Å². The van der Waals surface area contributed by atoms with Gasteiger partial charge < -0.3 is 11.1 Å². The summed E-state index contributed by atoms with van der Waals surface area (Å²) in [5, 5.41) is 18.4. The molecule has 1 heterocycles. The van der Waals surface area contributed by atoms with Crippen molar-refractivity contribution in [2.24, 2.45) is 18.7 Å². The Labute approximate surface area is 105 Å². The van der Waals surface area contributed by atoms with Crippen LogP contribution in [-0.2, 0) is 7.05 Å². The van der Waals surface area contributed by atoms with Crippen LogP contribution in [0.5, 0.6) is 0 Å². The Hall–Kier alpha value is -1.63. The van der Waals surface area contributed by atoms with E-state index in [0.29, 0.717) is 24.0 Å². The monoisotopic (exact) mass is 253 g/mol. The fourth-order valence-electron chi connectivity index (χ4n) is 2.32. The van der Waals surface area contributed by atoms with Crippen molar-refractivity contribution in [3.8, 4) is 0 Å². The molecule has 1 saturated carbocycles. The largest absolute Gasteiger partial charge is 0.358 e. The lowest BCUT2D eigenvalue weighted by Gasteiger charge is -2.30. The van der Waals surface area contributed by atoms with E-state index in [-0.39, 0.29) is 11.2 Å². The molecular weight excluding hydrogens is 234 g/mol. The molecule has 0 aliphatic heterocycles. The molecule has 7 heteroatoms. The van der Waals surface area contributed by atoms with Gasteiger partial charge in [0.2, 0.25) is 5.82 Å². The van der Waals surface area contributed by atoms with E-state index >= 15 is 0 Å². The van der Waals surface area contributed by atoms with Crippen molar-refractivity contribution in [1.29, 1.82) is 0 Å². The molecule has 1 aliphatic rings. The fraction of sp³-hybridized carbons (Fsp3) is 0.727. The Morgan fingerprint density at radius 3 is 2.72 bits per heavy atom. The average Bonchev–Trinajstić information content (AvgIpc) is 3.07. The van der Waals surface area contributed by atoms with Crippen LogP contribution < -0.4 is 11.1 Å². The van der Waals surface area contributed by atoms with Crippen molar-refractivity contribution in [3.05, 3.63) is 15.8 Å². The zero-order chi connectivity index (χ0) is 13.5. The van der Waals surface area contributed by atoms with Crippen molar-refractivity contribution >= 4 is 11.5 Å².